The number of amides is 3. The van der Waals surface area contributed by atoms with Crippen molar-refractivity contribution in [3.8, 4) is 11.5 Å². The summed E-state index contributed by atoms with van der Waals surface area (Å²) in [6.07, 6.45) is 1.55. The molecule has 4 aromatic carbocycles. The summed E-state index contributed by atoms with van der Waals surface area (Å²) in [6.45, 7) is 6.19. The molecule has 5 rings (SSSR count). The molecule has 1 aliphatic rings. The maximum Gasteiger partial charge on any atom is 0.321 e. The fourth-order valence-corrected chi connectivity index (χ4v) is 7.36. The van der Waals surface area contributed by atoms with E-state index in [0.717, 1.165) is 23.6 Å². The van der Waals surface area contributed by atoms with Gasteiger partial charge in [-0.2, -0.15) is 0 Å². The van der Waals surface area contributed by atoms with E-state index in [0.29, 0.717) is 30.2 Å². The number of likely N-dealkylation sites (N-methyl/N-ethyl adjacent to an activating group) is 1. The Morgan fingerprint density at radius 3 is 2.51 bits per heavy atom. The maximum atomic E-state index is 14.5. The van der Waals surface area contributed by atoms with Crippen LogP contribution < -0.4 is 19.5 Å². The number of urea groups is 1. The standard InChI is InChI=1S/C40H50N4O8S/c1-27-24-44(28(2)26-45)39(46)35-23-31(42-53(48,49)33-19-17-32(50-5)18-20-33)16-21-37(35)52-29(3)11-8-9-22-51-38(27)25-43(4)40(47)41-36-15-10-13-30-12-6-7-14-34(30)36/h6-7,10,12-21,23,27-29,38,42,45H,8-9,11,22,24-26H2,1-5H3,(H,41,47)/t27-,28+,29+,38+/m1/s1. The molecule has 0 unspecified atom stereocenters. The summed E-state index contributed by atoms with van der Waals surface area (Å²) in [6, 6.07) is 23.3. The lowest BCUT2D eigenvalue weighted by atomic mass is 10.0. The number of carbonyl (C=O) groups is 2. The largest absolute Gasteiger partial charge is 0.497 e. The third kappa shape index (κ3) is 9.98. The molecule has 0 saturated heterocycles. The summed E-state index contributed by atoms with van der Waals surface area (Å²) in [5, 5.41) is 15.3. The molecule has 3 amide bonds. The van der Waals surface area contributed by atoms with Gasteiger partial charge in [0.1, 0.15) is 11.5 Å². The smallest absolute Gasteiger partial charge is 0.321 e. The highest BCUT2D eigenvalue weighted by Gasteiger charge is 2.31. The average molecular weight is 747 g/mol. The number of methoxy groups -OCH3 is 1. The van der Waals surface area contributed by atoms with Gasteiger partial charge < -0.3 is 34.4 Å². The average Bonchev–Trinajstić information content (AvgIpc) is 3.15. The number of benzene rings is 4. The topological polar surface area (TPSA) is 147 Å². The van der Waals surface area contributed by atoms with Crippen LogP contribution in [0.25, 0.3) is 10.8 Å². The van der Waals surface area contributed by atoms with Gasteiger partial charge in [0.2, 0.25) is 0 Å². The second-order valence-electron chi connectivity index (χ2n) is 13.6. The van der Waals surface area contributed by atoms with Crippen molar-refractivity contribution in [2.75, 3.05) is 50.5 Å². The lowest BCUT2D eigenvalue weighted by Gasteiger charge is -2.35. The van der Waals surface area contributed by atoms with E-state index in [1.54, 1.807) is 48.0 Å². The minimum absolute atomic E-state index is 0.0285. The zero-order valence-corrected chi connectivity index (χ0v) is 31.8. The minimum atomic E-state index is -4.01. The van der Waals surface area contributed by atoms with Gasteiger partial charge in [-0.05, 0) is 87.0 Å². The molecule has 0 saturated carbocycles. The molecule has 1 heterocycles. The van der Waals surface area contributed by atoms with E-state index in [1.807, 2.05) is 56.3 Å². The van der Waals surface area contributed by atoms with Gasteiger partial charge in [-0.1, -0.05) is 43.3 Å². The molecule has 12 nitrogen and oxygen atoms in total. The summed E-state index contributed by atoms with van der Waals surface area (Å²) in [4.78, 5) is 31.1. The van der Waals surface area contributed by atoms with E-state index in [-0.39, 0.29) is 53.9 Å². The van der Waals surface area contributed by atoms with Crippen LogP contribution in [0.2, 0.25) is 0 Å². The highest BCUT2D eigenvalue weighted by Crippen LogP contribution is 2.30. The van der Waals surface area contributed by atoms with Crippen molar-refractivity contribution in [3.05, 3.63) is 90.5 Å². The van der Waals surface area contributed by atoms with Crippen LogP contribution >= 0.6 is 0 Å². The third-order valence-corrected chi connectivity index (χ3v) is 10.9. The molecular weight excluding hydrogens is 697 g/mol. The molecule has 1 aliphatic heterocycles. The first-order chi connectivity index (χ1) is 25.4. The van der Waals surface area contributed by atoms with Crippen molar-refractivity contribution < 1.29 is 37.3 Å². The van der Waals surface area contributed by atoms with Gasteiger partial charge in [-0.25, -0.2) is 13.2 Å². The SMILES string of the molecule is COc1ccc(S(=O)(=O)Nc2ccc3c(c2)C(=O)N([C@@H](C)CO)C[C@@H](C)[C@H](CN(C)C(=O)Nc2cccc4ccccc24)OCCCC[C@H](C)O3)cc1. The molecule has 284 valence electrons. The number of hydrogen-bond acceptors (Lipinski definition) is 8. The van der Waals surface area contributed by atoms with E-state index in [4.69, 9.17) is 14.2 Å². The molecule has 0 aromatic heterocycles. The number of nitrogens with zero attached hydrogens (tertiary/aromatic N) is 2. The van der Waals surface area contributed by atoms with Crippen LogP contribution in [0.3, 0.4) is 0 Å². The molecule has 0 fully saturated rings. The molecule has 13 heteroatoms. The highest BCUT2D eigenvalue weighted by molar-refractivity contribution is 7.92. The van der Waals surface area contributed by atoms with Crippen LogP contribution in [-0.4, -0.2) is 94.0 Å². The predicted octanol–water partition coefficient (Wildman–Crippen LogP) is 6.61. The maximum absolute atomic E-state index is 14.5. The van der Waals surface area contributed by atoms with Crippen LogP contribution in [0.5, 0.6) is 11.5 Å². The third-order valence-electron chi connectivity index (χ3n) is 9.51. The van der Waals surface area contributed by atoms with Crippen LogP contribution in [-0.2, 0) is 14.8 Å². The Morgan fingerprint density at radius 1 is 1.04 bits per heavy atom. The van der Waals surface area contributed by atoms with E-state index in [2.05, 4.69) is 10.0 Å². The zero-order valence-electron chi connectivity index (χ0n) is 30.9. The number of anilines is 2. The van der Waals surface area contributed by atoms with Crippen molar-refractivity contribution in [2.24, 2.45) is 5.92 Å². The number of rotatable bonds is 9. The van der Waals surface area contributed by atoms with E-state index < -0.39 is 28.1 Å². The zero-order chi connectivity index (χ0) is 38.1. The van der Waals surface area contributed by atoms with Gasteiger partial charge in [0.15, 0.2) is 0 Å². The summed E-state index contributed by atoms with van der Waals surface area (Å²) in [7, 11) is -0.797. The Morgan fingerprint density at radius 2 is 1.77 bits per heavy atom. The monoisotopic (exact) mass is 746 g/mol. The summed E-state index contributed by atoms with van der Waals surface area (Å²) in [5.41, 5.74) is 1.03. The second kappa shape index (κ2) is 17.8. The van der Waals surface area contributed by atoms with Crippen molar-refractivity contribution in [1.82, 2.24) is 9.80 Å². The summed E-state index contributed by atoms with van der Waals surface area (Å²) in [5.74, 6) is 0.114. The number of fused-ring (bicyclic) bond motifs is 2. The molecule has 3 N–H and O–H groups in total. The number of sulfonamides is 1. The number of ether oxygens (including phenoxy) is 3. The predicted molar refractivity (Wildman–Crippen MR) is 206 cm³/mol. The molecule has 0 radical (unpaired) electrons. The number of aliphatic hydroxyl groups excluding tert-OH is 1. The molecule has 53 heavy (non-hydrogen) atoms. The Labute approximate surface area is 312 Å². The van der Waals surface area contributed by atoms with Gasteiger partial charge in [0, 0.05) is 43.7 Å². The first kappa shape index (κ1) is 39.4. The van der Waals surface area contributed by atoms with Crippen molar-refractivity contribution in [3.63, 3.8) is 0 Å². The first-order valence-corrected chi connectivity index (χ1v) is 19.4. The van der Waals surface area contributed by atoms with Crippen LogP contribution in [0, 0.1) is 5.92 Å². The van der Waals surface area contributed by atoms with Crippen LogP contribution in [0.15, 0.2) is 89.8 Å². The Balaban J connectivity index is 1.40. The van der Waals surface area contributed by atoms with Crippen molar-refractivity contribution in [2.45, 2.75) is 63.2 Å². The molecule has 4 aromatic rings. The fraction of sp³-hybridized carbons (Fsp3) is 0.400. The quantitative estimate of drug-likeness (QED) is 0.174. The second-order valence-corrected chi connectivity index (χ2v) is 15.3. The number of aliphatic hydroxyl groups is 1. The van der Waals surface area contributed by atoms with Gasteiger partial charge in [0.25, 0.3) is 15.9 Å². The highest BCUT2D eigenvalue weighted by atomic mass is 32.2. The molecule has 0 spiro atoms. The minimum Gasteiger partial charge on any atom is -0.497 e. The van der Waals surface area contributed by atoms with Crippen molar-refractivity contribution >= 4 is 44.1 Å². The van der Waals surface area contributed by atoms with Gasteiger partial charge >= 0.3 is 6.03 Å². The van der Waals surface area contributed by atoms with E-state index >= 15 is 0 Å². The number of nitrogens with one attached hydrogen (secondary N) is 2. The lowest BCUT2D eigenvalue weighted by Crippen LogP contribution is -2.48. The fourth-order valence-electron chi connectivity index (χ4n) is 6.32. The van der Waals surface area contributed by atoms with Crippen molar-refractivity contribution in [1.29, 1.82) is 0 Å². The van der Waals surface area contributed by atoms with Gasteiger partial charge in [-0.3, -0.25) is 9.52 Å². The Hall–Kier alpha value is -4.85. The molecule has 0 bridgehead atoms. The molecular formula is C40H50N4O8S. The molecule has 0 aliphatic carbocycles. The van der Waals surface area contributed by atoms with Crippen LogP contribution in [0.1, 0.15) is 50.4 Å². The number of carbonyl (C=O) groups excluding carboxylic acids is 2. The number of hydrogen-bond donors (Lipinski definition) is 3. The molecule has 4 atom stereocenters. The Kier molecular flexibility index (Phi) is 13.2. The van der Waals surface area contributed by atoms with Gasteiger partial charge in [-0.15, -0.1) is 0 Å². The van der Waals surface area contributed by atoms with Crippen LogP contribution in [0.4, 0.5) is 16.2 Å². The normalized spacial score (nSPS) is 19.3. The van der Waals surface area contributed by atoms with Gasteiger partial charge in [0.05, 0.1) is 48.1 Å². The lowest BCUT2D eigenvalue weighted by molar-refractivity contribution is -0.0115. The van der Waals surface area contributed by atoms with E-state index in [9.17, 15) is 23.1 Å². The Bertz CT molecular complexity index is 1970. The summed E-state index contributed by atoms with van der Waals surface area (Å²) >= 11 is 0. The first-order valence-electron chi connectivity index (χ1n) is 17.9. The summed E-state index contributed by atoms with van der Waals surface area (Å²) < 4.78 is 47.1. The van der Waals surface area contributed by atoms with E-state index in [1.165, 1.54) is 25.3 Å².